The van der Waals surface area contributed by atoms with E-state index in [1.165, 1.54) is 6.07 Å². The molecule has 6 heteroatoms. The molecule has 0 aliphatic heterocycles. The first kappa shape index (κ1) is 19.9. The maximum atomic E-state index is 12.6. The Morgan fingerprint density at radius 3 is 2.54 bits per heavy atom. The van der Waals surface area contributed by atoms with E-state index in [0.717, 1.165) is 24.0 Å². The summed E-state index contributed by atoms with van der Waals surface area (Å²) in [5.41, 5.74) is 2.06. The van der Waals surface area contributed by atoms with Crippen LogP contribution in [-0.4, -0.2) is 25.8 Å². The SMILES string of the molecule is CCOC(=O)c1cccc(/C=C/c2ccc(OC(F)F)c(OCC3CC3)c2)c1. The van der Waals surface area contributed by atoms with Crippen molar-refractivity contribution in [1.29, 1.82) is 0 Å². The molecule has 1 aliphatic carbocycles. The van der Waals surface area contributed by atoms with Gasteiger partial charge in [0.15, 0.2) is 11.5 Å². The van der Waals surface area contributed by atoms with E-state index in [9.17, 15) is 13.6 Å². The number of carbonyl (C=O) groups is 1. The molecule has 0 heterocycles. The highest BCUT2D eigenvalue weighted by Gasteiger charge is 2.23. The van der Waals surface area contributed by atoms with Crippen LogP contribution in [0.1, 0.15) is 41.3 Å². The maximum Gasteiger partial charge on any atom is 0.387 e. The third-order valence-electron chi connectivity index (χ3n) is 4.22. The van der Waals surface area contributed by atoms with Gasteiger partial charge in [0.2, 0.25) is 0 Å². The van der Waals surface area contributed by atoms with Crippen LogP contribution in [0.3, 0.4) is 0 Å². The van der Waals surface area contributed by atoms with Crippen LogP contribution in [0.4, 0.5) is 8.78 Å². The molecule has 1 fully saturated rings. The van der Waals surface area contributed by atoms with Crippen LogP contribution < -0.4 is 9.47 Å². The molecule has 0 spiro atoms. The van der Waals surface area contributed by atoms with Gasteiger partial charge >= 0.3 is 12.6 Å². The van der Waals surface area contributed by atoms with Crippen LogP contribution in [0, 0.1) is 5.92 Å². The molecule has 0 N–H and O–H groups in total. The molecule has 0 bridgehead atoms. The highest BCUT2D eigenvalue weighted by atomic mass is 19.3. The summed E-state index contributed by atoms with van der Waals surface area (Å²) in [4.78, 5) is 11.8. The fourth-order valence-electron chi connectivity index (χ4n) is 2.60. The van der Waals surface area contributed by atoms with Crippen molar-refractivity contribution >= 4 is 18.1 Å². The van der Waals surface area contributed by atoms with E-state index >= 15 is 0 Å². The van der Waals surface area contributed by atoms with Crippen LogP contribution in [0.5, 0.6) is 11.5 Å². The zero-order chi connectivity index (χ0) is 19.9. The Kier molecular flexibility index (Phi) is 6.63. The highest BCUT2D eigenvalue weighted by molar-refractivity contribution is 5.90. The van der Waals surface area contributed by atoms with Gasteiger partial charge in [-0.15, -0.1) is 0 Å². The van der Waals surface area contributed by atoms with Gasteiger partial charge in [0.25, 0.3) is 0 Å². The Morgan fingerprint density at radius 1 is 1.11 bits per heavy atom. The highest BCUT2D eigenvalue weighted by Crippen LogP contribution is 2.34. The maximum absolute atomic E-state index is 12.6. The molecular formula is C22H22F2O4. The number of halogens is 2. The van der Waals surface area contributed by atoms with Crippen LogP contribution >= 0.6 is 0 Å². The monoisotopic (exact) mass is 388 g/mol. The Morgan fingerprint density at radius 2 is 1.86 bits per heavy atom. The smallest absolute Gasteiger partial charge is 0.387 e. The molecular weight excluding hydrogens is 366 g/mol. The van der Waals surface area contributed by atoms with E-state index in [1.54, 1.807) is 37.3 Å². The van der Waals surface area contributed by atoms with Crippen LogP contribution in [0.15, 0.2) is 42.5 Å². The van der Waals surface area contributed by atoms with E-state index in [0.29, 0.717) is 30.4 Å². The van der Waals surface area contributed by atoms with Gasteiger partial charge in [0.05, 0.1) is 18.8 Å². The number of carbonyl (C=O) groups excluding carboxylic acids is 1. The number of ether oxygens (including phenoxy) is 3. The molecule has 0 unspecified atom stereocenters. The Labute approximate surface area is 162 Å². The van der Waals surface area contributed by atoms with Crippen molar-refractivity contribution in [2.45, 2.75) is 26.4 Å². The summed E-state index contributed by atoms with van der Waals surface area (Å²) in [5.74, 6) is 0.443. The Hall–Kier alpha value is -2.89. The molecule has 1 aliphatic rings. The van der Waals surface area contributed by atoms with E-state index < -0.39 is 6.61 Å². The first-order chi connectivity index (χ1) is 13.5. The molecule has 3 rings (SSSR count). The lowest BCUT2D eigenvalue weighted by Crippen LogP contribution is -2.06. The second-order valence-electron chi connectivity index (χ2n) is 6.52. The summed E-state index contributed by atoms with van der Waals surface area (Å²) < 4.78 is 40.4. The molecule has 0 saturated heterocycles. The molecule has 1 saturated carbocycles. The predicted molar refractivity (Wildman–Crippen MR) is 103 cm³/mol. The summed E-state index contributed by atoms with van der Waals surface area (Å²) >= 11 is 0. The van der Waals surface area contributed by atoms with Gasteiger partial charge in [-0.1, -0.05) is 30.4 Å². The molecule has 0 aromatic heterocycles. The third-order valence-corrected chi connectivity index (χ3v) is 4.22. The van der Waals surface area contributed by atoms with Gasteiger partial charge in [-0.05, 0) is 61.1 Å². The van der Waals surface area contributed by atoms with Gasteiger partial charge in [0, 0.05) is 0 Å². The molecule has 0 atom stereocenters. The summed E-state index contributed by atoms with van der Waals surface area (Å²) in [6, 6.07) is 11.9. The van der Waals surface area contributed by atoms with Crippen molar-refractivity contribution in [3.05, 3.63) is 59.2 Å². The van der Waals surface area contributed by atoms with Crippen LogP contribution in [-0.2, 0) is 4.74 Å². The quantitative estimate of drug-likeness (QED) is 0.425. The minimum Gasteiger partial charge on any atom is -0.489 e. The summed E-state index contributed by atoms with van der Waals surface area (Å²) in [6.07, 6.45) is 5.85. The summed E-state index contributed by atoms with van der Waals surface area (Å²) in [5, 5.41) is 0. The zero-order valence-electron chi connectivity index (χ0n) is 15.6. The lowest BCUT2D eigenvalue weighted by Gasteiger charge is -2.12. The molecule has 2 aromatic rings. The molecule has 4 nitrogen and oxygen atoms in total. The van der Waals surface area contributed by atoms with Gasteiger partial charge in [-0.3, -0.25) is 0 Å². The molecule has 148 valence electrons. The Bertz CT molecular complexity index is 844. The van der Waals surface area contributed by atoms with E-state index in [2.05, 4.69) is 4.74 Å². The van der Waals surface area contributed by atoms with Crippen molar-refractivity contribution in [3.63, 3.8) is 0 Å². The molecule has 0 radical (unpaired) electrons. The fraction of sp³-hybridized carbons (Fsp3) is 0.318. The number of hydrogen-bond donors (Lipinski definition) is 0. The average Bonchev–Trinajstić information content (AvgIpc) is 3.50. The first-order valence-electron chi connectivity index (χ1n) is 9.22. The summed E-state index contributed by atoms with van der Waals surface area (Å²) in [7, 11) is 0. The number of esters is 1. The largest absolute Gasteiger partial charge is 0.489 e. The summed E-state index contributed by atoms with van der Waals surface area (Å²) in [6.45, 7) is -0.342. The molecule has 0 amide bonds. The van der Waals surface area contributed by atoms with E-state index in [1.807, 2.05) is 18.2 Å². The number of hydrogen-bond acceptors (Lipinski definition) is 4. The minimum absolute atomic E-state index is 0.0251. The van der Waals surface area contributed by atoms with Gasteiger partial charge in [-0.2, -0.15) is 8.78 Å². The van der Waals surface area contributed by atoms with Crippen LogP contribution in [0.2, 0.25) is 0 Å². The van der Waals surface area contributed by atoms with Crippen molar-refractivity contribution in [3.8, 4) is 11.5 Å². The second-order valence-corrected chi connectivity index (χ2v) is 6.52. The van der Waals surface area contributed by atoms with Gasteiger partial charge in [-0.25, -0.2) is 4.79 Å². The fourth-order valence-corrected chi connectivity index (χ4v) is 2.60. The van der Waals surface area contributed by atoms with Crippen molar-refractivity contribution in [2.75, 3.05) is 13.2 Å². The zero-order valence-corrected chi connectivity index (χ0v) is 15.6. The topological polar surface area (TPSA) is 44.8 Å². The third kappa shape index (κ3) is 5.81. The molecule has 2 aromatic carbocycles. The van der Waals surface area contributed by atoms with Gasteiger partial charge in [0.1, 0.15) is 0 Å². The van der Waals surface area contributed by atoms with E-state index in [-0.39, 0.29) is 11.7 Å². The molecule has 28 heavy (non-hydrogen) atoms. The number of rotatable bonds is 9. The van der Waals surface area contributed by atoms with Gasteiger partial charge < -0.3 is 14.2 Å². The van der Waals surface area contributed by atoms with Crippen molar-refractivity contribution in [1.82, 2.24) is 0 Å². The van der Waals surface area contributed by atoms with Crippen molar-refractivity contribution in [2.24, 2.45) is 5.92 Å². The minimum atomic E-state index is -2.91. The predicted octanol–water partition coefficient (Wildman–Crippen LogP) is 5.42. The average molecular weight is 388 g/mol. The lowest BCUT2D eigenvalue weighted by molar-refractivity contribution is -0.0515. The number of benzene rings is 2. The van der Waals surface area contributed by atoms with Crippen LogP contribution in [0.25, 0.3) is 12.2 Å². The number of alkyl halides is 2. The van der Waals surface area contributed by atoms with E-state index in [4.69, 9.17) is 9.47 Å². The first-order valence-corrected chi connectivity index (χ1v) is 9.22. The lowest BCUT2D eigenvalue weighted by atomic mass is 10.1. The standard InChI is InChI=1S/C22H22F2O4/c1-2-26-21(25)18-5-3-4-15(12-18)6-7-16-10-11-19(28-22(23)24)20(13-16)27-14-17-8-9-17/h3-7,10-13,17,22H,2,8-9,14H2,1H3/b7-6+. The van der Waals surface area contributed by atoms with Crippen molar-refractivity contribution < 1.29 is 27.8 Å². The Balaban J connectivity index is 1.76. The second kappa shape index (κ2) is 9.35. The normalized spacial score (nSPS) is 13.7.